The summed E-state index contributed by atoms with van der Waals surface area (Å²) in [6.07, 6.45) is 0. The van der Waals surface area contributed by atoms with Gasteiger partial charge in [-0.15, -0.1) is 0 Å². The number of hydrogen-bond acceptors (Lipinski definition) is 2. The Morgan fingerprint density at radius 3 is 2.71 bits per heavy atom. The zero-order chi connectivity index (χ0) is 10.7. The molecule has 1 aromatic carbocycles. The van der Waals surface area contributed by atoms with E-state index in [0.717, 1.165) is 7.14 Å². The van der Waals surface area contributed by atoms with Gasteiger partial charge in [0.05, 0.1) is 17.2 Å². The number of carbonyl (C=O) groups excluding carboxylic acids is 1. The molecule has 0 N–H and O–H groups in total. The summed E-state index contributed by atoms with van der Waals surface area (Å²) in [5, 5.41) is 0.584. The maximum absolute atomic E-state index is 11.5. The third-order valence-corrected chi connectivity index (χ3v) is 3.89. The predicted molar refractivity (Wildman–Crippen MR) is 72.8 cm³/mol. The lowest BCUT2D eigenvalue weighted by atomic mass is 10.2. The topological polar surface area (TPSA) is 26.3 Å². The first-order valence-corrected chi connectivity index (χ1v) is 6.41. The van der Waals surface area contributed by atoms with Crippen LogP contribution in [0.2, 0.25) is 5.02 Å². The molecule has 0 radical (unpaired) electrons. The van der Waals surface area contributed by atoms with Crippen molar-refractivity contribution in [2.75, 3.05) is 6.61 Å². The largest absolute Gasteiger partial charge is 0.462 e. The fourth-order valence-corrected chi connectivity index (χ4v) is 2.47. The van der Waals surface area contributed by atoms with E-state index < -0.39 is 0 Å². The van der Waals surface area contributed by atoms with Gasteiger partial charge >= 0.3 is 5.97 Å². The fourth-order valence-electron chi connectivity index (χ4n) is 0.913. The second-order valence-corrected chi connectivity index (χ2v) is 5.20. The van der Waals surface area contributed by atoms with Crippen LogP contribution in [0.1, 0.15) is 17.3 Å². The first-order valence-electron chi connectivity index (χ1n) is 3.88. The molecular formula is C9H7ClI2O2. The quantitative estimate of drug-likeness (QED) is 0.401. The summed E-state index contributed by atoms with van der Waals surface area (Å²) in [6, 6.07) is 3.58. The van der Waals surface area contributed by atoms with Crippen LogP contribution in [0.4, 0.5) is 0 Å². The summed E-state index contributed by atoms with van der Waals surface area (Å²) < 4.78 is 6.58. The zero-order valence-corrected chi connectivity index (χ0v) is 12.4. The number of esters is 1. The van der Waals surface area contributed by atoms with E-state index in [0.29, 0.717) is 17.2 Å². The number of hydrogen-bond donors (Lipinski definition) is 0. The zero-order valence-electron chi connectivity index (χ0n) is 7.31. The van der Waals surface area contributed by atoms with Crippen LogP contribution in [0.3, 0.4) is 0 Å². The Morgan fingerprint density at radius 2 is 2.14 bits per heavy atom. The Morgan fingerprint density at radius 1 is 1.50 bits per heavy atom. The Hall–Kier alpha value is 0.440. The monoisotopic (exact) mass is 436 g/mol. The Kier molecular flexibility index (Phi) is 4.92. The average Bonchev–Trinajstić information content (AvgIpc) is 2.11. The summed E-state index contributed by atoms with van der Waals surface area (Å²) in [6.45, 7) is 2.15. The molecule has 0 bridgehead atoms. The highest BCUT2D eigenvalue weighted by Crippen LogP contribution is 2.25. The lowest BCUT2D eigenvalue weighted by molar-refractivity contribution is 0.0525. The van der Waals surface area contributed by atoms with Gasteiger partial charge in [-0.25, -0.2) is 4.79 Å². The van der Waals surface area contributed by atoms with E-state index in [1.54, 1.807) is 13.0 Å². The van der Waals surface area contributed by atoms with Crippen molar-refractivity contribution in [2.45, 2.75) is 6.92 Å². The predicted octanol–water partition coefficient (Wildman–Crippen LogP) is 3.73. The highest BCUT2D eigenvalue weighted by atomic mass is 127. The smallest absolute Gasteiger partial charge is 0.339 e. The van der Waals surface area contributed by atoms with Crippen molar-refractivity contribution in [1.29, 1.82) is 0 Å². The van der Waals surface area contributed by atoms with Gasteiger partial charge in [-0.1, -0.05) is 11.6 Å². The highest BCUT2D eigenvalue weighted by molar-refractivity contribution is 14.1. The molecule has 2 nitrogen and oxygen atoms in total. The SMILES string of the molecule is CCOC(=O)c1cc(I)cc(Cl)c1I. The van der Waals surface area contributed by atoms with E-state index in [2.05, 4.69) is 22.6 Å². The number of halogens is 3. The lowest BCUT2D eigenvalue weighted by Gasteiger charge is -2.06. The van der Waals surface area contributed by atoms with Gasteiger partial charge in [0.25, 0.3) is 0 Å². The second-order valence-electron chi connectivity index (χ2n) is 2.47. The Labute approximate surface area is 115 Å². The molecule has 0 fully saturated rings. The summed E-state index contributed by atoms with van der Waals surface area (Å²) in [5.74, 6) is -0.322. The molecule has 0 aliphatic rings. The van der Waals surface area contributed by atoms with E-state index in [4.69, 9.17) is 16.3 Å². The van der Waals surface area contributed by atoms with Crippen molar-refractivity contribution in [3.63, 3.8) is 0 Å². The van der Waals surface area contributed by atoms with Gasteiger partial charge in [0.15, 0.2) is 0 Å². The number of benzene rings is 1. The first kappa shape index (κ1) is 12.5. The molecule has 0 unspecified atom stereocenters. The third-order valence-electron chi connectivity index (χ3n) is 1.49. The van der Waals surface area contributed by atoms with Crippen LogP contribution in [0, 0.1) is 7.14 Å². The molecule has 0 saturated heterocycles. The Balaban J connectivity index is 3.13. The molecule has 0 heterocycles. The lowest BCUT2D eigenvalue weighted by Crippen LogP contribution is -2.07. The average molecular weight is 436 g/mol. The van der Waals surface area contributed by atoms with Gasteiger partial charge in [0, 0.05) is 7.14 Å². The third kappa shape index (κ3) is 2.96. The van der Waals surface area contributed by atoms with Gasteiger partial charge < -0.3 is 4.74 Å². The minimum atomic E-state index is -0.322. The maximum Gasteiger partial charge on any atom is 0.339 e. The van der Waals surface area contributed by atoms with Crippen molar-refractivity contribution < 1.29 is 9.53 Å². The van der Waals surface area contributed by atoms with E-state index in [9.17, 15) is 4.79 Å². The molecule has 1 rings (SSSR count). The molecular weight excluding hydrogens is 429 g/mol. The van der Waals surface area contributed by atoms with Crippen molar-refractivity contribution in [1.82, 2.24) is 0 Å². The van der Waals surface area contributed by atoms with Crippen molar-refractivity contribution in [3.8, 4) is 0 Å². The minimum absolute atomic E-state index is 0.322. The van der Waals surface area contributed by atoms with E-state index in [1.165, 1.54) is 0 Å². The molecule has 0 saturated carbocycles. The van der Waals surface area contributed by atoms with E-state index in [1.807, 2.05) is 28.7 Å². The normalized spacial score (nSPS) is 10.0. The second kappa shape index (κ2) is 5.50. The number of carbonyl (C=O) groups is 1. The van der Waals surface area contributed by atoms with E-state index >= 15 is 0 Å². The van der Waals surface area contributed by atoms with E-state index in [-0.39, 0.29) is 5.97 Å². The van der Waals surface area contributed by atoms with Crippen LogP contribution in [-0.2, 0) is 4.74 Å². The van der Waals surface area contributed by atoms with Crippen molar-refractivity contribution in [2.24, 2.45) is 0 Å². The highest BCUT2D eigenvalue weighted by Gasteiger charge is 2.14. The van der Waals surface area contributed by atoms with Crippen LogP contribution in [0.25, 0.3) is 0 Å². The van der Waals surface area contributed by atoms with Crippen molar-refractivity contribution in [3.05, 3.63) is 29.9 Å². The Bertz CT molecular complexity index is 366. The van der Waals surface area contributed by atoms with Crippen molar-refractivity contribution >= 4 is 62.8 Å². The maximum atomic E-state index is 11.5. The molecule has 0 amide bonds. The van der Waals surface area contributed by atoms with Crippen LogP contribution in [0.15, 0.2) is 12.1 Å². The van der Waals surface area contributed by atoms with Gasteiger partial charge in [0.2, 0.25) is 0 Å². The summed E-state index contributed by atoms with van der Waals surface area (Å²) in [4.78, 5) is 11.5. The fraction of sp³-hybridized carbons (Fsp3) is 0.222. The summed E-state index contributed by atoms with van der Waals surface area (Å²) >= 11 is 10.1. The van der Waals surface area contributed by atoms with Gasteiger partial charge in [0.1, 0.15) is 0 Å². The molecule has 0 aliphatic heterocycles. The number of ether oxygens (including phenoxy) is 1. The van der Waals surface area contributed by atoms with Crippen LogP contribution in [-0.4, -0.2) is 12.6 Å². The summed E-state index contributed by atoms with van der Waals surface area (Å²) in [5.41, 5.74) is 0.532. The van der Waals surface area contributed by atoms with Crippen LogP contribution in [0.5, 0.6) is 0 Å². The standard InChI is InChI=1S/C9H7ClI2O2/c1-2-14-9(13)6-3-5(11)4-7(10)8(6)12/h3-4H,2H2,1H3. The molecule has 14 heavy (non-hydrogen) atoms. The number of rotatable bonds is 2. The van der Waals surface area contributed by atoms with Gasteiger partial charge in [-0.3, -0.25) is 0 Å². The molecule has 76 valence electrons. The molecule has 0 spiro atoms. The first-order chi connectivity index (χ1) is 6.56. The molecule has 0 atom stereocenters. The van der Waals surface area contributed by atoms with Crippen LogP contribution < -0.4 is 0 Å². The minimum Gasteiger partial charge on any atom is -0.462 e. The summed E-state index contributed by atoms with van der Waals surface area (Å²) in [7, 11) is 0. The van der Waals surface area contributed by atoms with Crippen LogP contribution >= 0.6 is 56.8 Å². The molecule has 1 aromatic rings. The molecule has 0 aliphatic carbocycles. The van der Waals surface area contributed by atoms with Gasteiger partial charge in [-0.05, 0) is 64.2 Å². The molecule has 5 heteroatoms. The van der Waals surface area contributed by atoms with Gasteiger partial charge in [-0.2, -0.15) is 0 Å². The molecule has 0 aromatic heterocycles.